The van der Waals surface area contributed by atoms with Gasteiger partial charge in [0.15, 0.2) is 5.82 Å². The molecule has 1 aromatic heterocycles. The highest BCUT2D eigenvalue weighted by atomic mass is 32.2. The number of nitrogens with zero attached hydrogens (tertiary/aromatic N) is 4. The second kappa shape index (κ2) is 9.33. The summed E-state index contributed by atoms with van der Waals surface area (Å²) in [5.41, 5.74) is 3.22. The van der Waals surface area contributed by atoms with E-state index in [4.69, 9.17) is 15.8 Å². The highest BCUT2D eigenvalue weighted by Gasteiger charge is 2.20. The van der Waals surface area contributed by atoms with Crippen LogP contribution in [0.3, 0.4) is 0 Å². The topological polar surface area (TPSA) is 119 Å². The Labute approximate surface area is 179 Å². The fourth-order valence-corrected chi connectivity index (χ4v) is 3.50. The molecule has 1 atom stereocenters. The summed E-state index contributed by atoms with van der Waals surface area (Å²) in [6.45, 7) is 5.90. The summed E-state index contributed by atoms with van der Waals surface area (Å²) in [6, 6.07) is 14.7. The molecule has 8 nitrogen and oxygen atoms in total. The average Bonchev–Trinajstić information content (AvgIpc) is 3.07. The van der Waals surface area contributed by atoms with E-state index in [2.05, 4.69) is 15.5 Å². The molecule has 3 aromatic rings. The maximum atomic E-state index is 12.5. The number of hydrogen-bond acceptors (Lipinski definition) is 7. The first-order valence-electron chi connectivity index (χ1n) is 9.24. The predicted molar refractivity (Wildman–Crippen MR) is 116 cm³/mol. The third-order valence-electron chi connectivity index (χ3n) is 4.33. The second-order valence-corrected chi connectivity index (χ2v) is 8.08. The van der Waals surface area contributed by atoms with E-state index in [1.54, 1.807) is 31.2 Å². The minimum atomic E-state index is -0.477. The molecule has 0 aliphatic heterocycles. The number of nitriles is 1. The van der Waals surface area contributed by atoms with Crippen LogP contribution in [0.2, 0.25) is 0 Å². The molecule has 154 valence electrons. The van der Waals surface area contributed by atoms with Crippen LogP contribution in [0.5, 0.6) is 5.75 Å². The summed E-state index contributed by atoms with van der Waals surface area (Å²) in [5.74, 6) is 7.07. The number of carbonyl (C=O) groups excluding carboxylic acids is 1. The van der Waals surface area contributed by atoms with Crippen LogP contribution in [0, 0.1) is 25.2 Å². The van der Waals surface area contributed by atoms with Crippen molar-refractivity contribution in [2.24, 2.45) is 0 Å². The van der Waals surface area contributed by atoms with Crippen LogP contribution < -0.4 is 15.9 Å². The monoisotopic (exact) mass is 422 g/mol. The van der Waals surface area contributed by atoms with Crippen LogP contribution in [0.1, 0.15) is 29.4 Å². The zero-order valence-corrected chi connectivity index (χ0v) is 17.7. The van der Waals surface area contributed by atoms with Crippen molar-refractivity contribution in [1.82, 2.24) is 14.9 Å². The van der Waals surface area contributed by atoms with E-state index in [0.717, 1.165) is 16.9 Å². The molecular weight excluding hydrogens is 400 g/mol. The van der Waals surface area contributed by atoms with Crippen molar-refractivity contribution in [3.05, 3.63) is 65.0 Å². The van der Waals surface area contributed by atoms with Gasteiger partial charge in [-0.2, -0.15) is 5.26 Å². The summed E-state index contributed by atoms with van der Waals surface area (Å²) in [6.07, 6.45) is 0. The van der Waals surface area contributed by atoms with Crippen LogP contribution in [-0.2, 0) is 11.4 Å². The van der Waals surface area contributed by atoms with Gasteiger partial charge in [0.05, 0.1) is 16.9 Å². The lowest BCUT2D eigenvalue weighted by Gasteiger charge is -2.12. The molecule has 0 radical (unpaired) electrons. The minimum absolute atomic E-state index is 0.162. The third-order valence-corrected chi connectivity index (χ3v) is 5.39. The first kappa shape index (κ1) is 21.2. The molecule has 0 bridgehead atoms. The Balaban J connectivity index is 1.60. The van der Waals surface area contributed by atoms with Gasteiger partial charge in [-0.05, 0) is 50.6 Å². The molecule has 0 spiro atoms. The number of nitrogen functional groups attached to an aromatic ring is 1. The van der Waals surface area contributed by atoms with Gasteiger partial charge in [-0.1, -0.05) is 35.5 Å². The number of carbonyl (C=O) groups is 1. The highest BCUT2D eigenvalue weighted by molar-refractivity contribution is 8.00. The molecule has 1 heterocycles. The molecule has 1 amide bonds. The van der Waals surface area contributed by atoms with E-state index in [9.17, 15) is 4.79 Å². The molecule has 0 unspecified atom stereocenters. The molecule has 9 heteroatoms. The summed E-state index contributed by atoms with van der Waals surface area (Å²) >= 11 is 1.19. The molecule has 30 heavy (non-hydrogen) atoms. The lowest BCUT2D eigenvalue weighted by Crippen LogP contribution is -2.24. The number of hydrogen-bond donors (Lipinski definition) is 2. The molecule has 2 aromatic carbocycles. The highest BCUT2D eigenvalue weighted by Crippen LogP contribution is 2.24. The second-order valence-electron chi connectivity index (χ2n) is 6.77. The zero-order chi connectivity index (χ0) is 21.7. The SMILES string of the molecule is Cc1ccc(OCc2nnc(S[C@@H](C)C(=O)Nc3cccc(C#N)c3)n2N)c(C)c1. The van der Waals surface area contributed by atoms with Gasteiger partial charge < -0.3 is 15.9 Å². The maximum Gasteiger partial charge on any atom is 0.237 e. The van der Waals surface area contributed by atoms with Gasteiger partial charge in [-0.3, -0.25) is 4.79 Å². The number of aromatic nitrogens is 3. The number of nitrogens with one attached hydrogen (secondary N) is 1. The molecule has 0 aliphatic rings. The molecular formula is C21H22N6O2S. The Bertz CT molecular complexity index is 1110. The maximum absolute atomic E-state index is 12.5. The number of anilines is 1. The number of thioether (sulfide) groups is 1. The first-order chi connectivity index (χ1) is 14.4. The number of nitrogens with two attached hydrogens (primary N) is 1. The van der Waals surface area contributed by atoms with Crippen molar-refractivity contribution in [2.75, 3.05) is 11.2 Å². The molecule has 3 N–H and O–H groups in total. The van der Waals surface area contributed by atoms with Gasteiger partial charge in [0, 0.05) is 5.69 Å². The smallest absolute Gasteiger partial charge is 0.237 e. The molecule has 3 rings (SSSR count). The largest absolute Gasteiger partial charge is 0.485 e. The molecule has 0 saturated carbocycles. The van der Waals surface area contributed by atoms with Gasteiger partial charge >= 0.3 is 0 Å². The summed E-state index contributed by atoms with van der Waals surface area (Å²) in [5, 5.41) is 19.8. The van der Waals surface area contributed by atoms with Crippen molar-refractivity contribution in [3.63, 3.8) is 0 Å². The zero-order valence-electron chi connectivity index (χ0n) is 16.9. The van der Waals surface area contributed by atoms with E-state index in [-0.39, 0.29) is 12.5 Å². The standard InChI is InChI=1S/C21H22N6O2S/c1-13-7-8-18(14(2)9-13)29-12-19-25-26-21(27(19)23)30-15(3)20(28)24-17-6-4-5-16(10-17)11-22/h4-10,15H,12,23H2,1-3H3,(H,24,28)/t15-/m0/s1. The van der Waals surface area contributed by atoms with Gasteiger partial charge in [0.1, 0.15) is 12.4 Å². The number of amides is 1. The number of aryl methyl sites for hydroxylation is 2. The Kier molecular flexibility index (Phi) is 6.59. The van der Waals surface area contributed by atoms with Gasteiger partial charge in [-0.25, -0.2) is 4.68 Å². The van der Waals surface area contributed by atoms with Crippen molar-refractivity contribution in [3.8, 4) is 11.8 Å². The van der Waals surface area contributed by atoms with Crippen LogP contribution in [-0.4, -0.2) is 26.0 Å². The van der Waals surface area contributed by atoms with E-state index in [1.165, 1.54) is 16.4 Å². The van der Waals surface area contributed by atoms with Gasteiger partial charge in [0.25, 0.3) is 0 Å². The Morgan fingerprint density at radius 1 is 1.30 bits per heavy atom. The Morgan fingerprint density at radius 2 is 2.10 bits per heavy atom. The number of ether oxygens (including phenoxy) is 1. The normalized spacial score (nSPS) is 11.5. The summed E-state index contributed by atoms with van der Waals surface area (Å²) in [7, 11) is 0. The molecule has 0 aliphatic carbocycles. The first-order valence-corrected chi connectivity index (χ1v) is 10.1. The van der Waals surface area contributed by atoms with E-state index >= 15 is 0 Å². The Hall–Kier alpha value is -3.51. The van der Waals surface area contributed by atoms with Gasteiger partial charge in [-0.15, -0.1) is 10.2 Å². The van der Waals surface area contributed by atoms with Gasteiger partial charge in [0.2, 0.25) is 11.1 Å². The fraction of sp³-hybridized carbons (Fsp3) is 0.238. The minimum Gasteiger partial charge on any atom is -0.485 e. The lowest BCUT2D eigenvalue weighted by molar-refractivity contribution is -0.115. The van der Waals surface area contributed by atoms with Crippen molar-refractivity contribution in [1.29, 1.82) is 5.26 Å². The van der Waals surface area contributed by atoms with Crippen molar-refractivity contribution >= 4 is 23.4 Å². The summed E-state index contributed by atoms with van der Waals surface area (Å²) < 4.78 is 7.13. The van der Waals surface area contributed by atoms with Crippen molar-refractivity contribution < 1.29 is 9.53 Å². The predicted octanol–water partition coefficient (Wildman–Crippen LogP) is 3.18. The quantitative estimate of drug-likeness (QED) is 0.443. The van der Waals surface area contributed by atoms with Crippen LogP contribution in [0.4, 0.5) is 5.69 Å². The summed E-state index contributed by atoms with van der Waals surface area (Å²) in [4.78, 5) is 12.5. The van der Waals surface area contributed by atoms with Crippen LogP contribution in [0.15, 0.2) is 47.6 Å². The lowest BCUT2D eigenvalue weighted by atomic mass is 10.1. The van der Waals surface area contributed by atoms with E-state index in [0.29, 0.717) is 22.2 Å². The molecule has 0 fully saturated rings. The van der Waals surface area contributed by atoms with Crippen LogP contribution >= 0.6 is 11.8 Å². The Morgan fingerprint density at radius 3 is 2.83 bits per heavy atom. The van der Waals surface area contributed by atoms with E-state index < -0.39 is 5.25 Å². The number of rotatable bonds is 7. The van der Waals surface area contributed by atoms with Crippen LogP contribution in [0.25, 0.3) is 0 Å². The molecule has 0 saturated heterocycles. The number of benzene rings is 2. The fourth-order valence-electron chi connectivity index (χ4n) is 2.71. The van der Waals surface area contributed by atoms with E-state index in [1.807, 2.05) is 38.1 Å². The van der Waals surface area contributed by atoms with Crippen molar-refractivity contribution in [2.45, 2.75) is 37.8 Å². The average molecular weight is 423 g/mol. The third kappa shape index (κ3) is 5.10.